The average Bonchev–Trinajstić information content (AvgIpc) is 3.19. The topological polar surface area (TPSA) is 41.6 Å². The van der Waals surface area contributed by atoms with E-state index >= 15 is 0 Å². The van der Waals surface area contributed by atoms with Crippen molar-refractivity contribution in [1.82, 2.24) is 4.90 Å². The largest absolute Gasteiger partial charge is 1.00 e. The van der Waals surface area contributed by atoms with Crippen molar-refractivity contribution in [2.45, 2.75) is 46.6 Å². The van der Waals surface area contributed by atoms with Gasteiger partial charge in [0.15, 0.2) is 0 Å². The molecule has 1 aromatic rings. The molecule has 1 atom stereocenters. The molecular formula is C27H36ClF2KN3S-. The number of nitrogens with zero attached hydrogens (tertiary/aromatic N) is 2. The standard InChI is InChI=1S/C16H20N3S.C6H4ClF.C3H8.C2H4F.K/c1-5-7-20-12(4)16-18-9-14(11(3)6-2)15-8-13(17)10-19(15)16;7-5-2-1-3-6(8)4-5;1-3-2;1-2-3;/h2,5-7,13H,3-4,8-10,17H2,1H3;1-4H;3H2,1-2H3;2H,1H3;/q-1;;;-1;+1/b7-5-;;;;. The number of thioether (sulfide) groups is 1. The molecule has 1 aromatic carbocycles. The van der Waals surface area contributed by atoms with Crippen LogP contribution < -0.4 is 57.1 Å². The van der Waals surface area contributed by atoms with E-state index in [2.05, 4.69) is 36.9 Å². The molecule has 35 heavy (non-hydrogen) atoms. The third-order valence-corrected chi connectivity index (χ3v) is 5.27. The Bertz CT molecular complexity index is 881. The van der Waals surface area contributed by atoms with Crippen LogP contribution in [0.3, 0.4) is 0 Å². The van der Waals surface area contributed by atoms with Crippen molar-refractivity contribution < 1.29 is 60.2 Å². The number of hydrogen-bond donors (Lipinski definition) is 1. The summed E-state index contributed by atoms with van der Waals surface area (Å²) >= 11 is 6.99. The van der Waals surface area contributed by atoms with Crippen molar-refractivity contribution in [3.05, 3.63) is 101 Å². The fourth-order valence-corrected chi connectivity index (χ4v) is 3.65. The molecule has 2 aliphatic heterocycles. The van der Waals surface area contributed by atoms with Gasteiger partial charge in [0.05, 0.1) is 6.54 Å². The summed E-state index contributed by atoms with van der Waals surface area (Å²) in [6, 6.07) is 5.93. The summed E-state index contributed by atoms with van der Waals surface area (Å²) in [5.41, 5.74) is 9.22. The van der Waals surface area contributed by atoms with E-state index in [9.17, 15) is 8.78 Å². The number of halogens is 3. The Morgan fingerprint density at radius 2 is 2.00 bits per heavy atom. The average molecular weight is 547 g/mol. The second kappa shape index (κ2) is 21.6. The zero-order chi connectivity index (χ0) is 26.1. The molecular weight excluding hydrogens is 511 g/mol. The number of rotatable bonds is 5. The van der Waals surface area contributed by atoms with Crippen LogP contribution >= 0.6 is 23.4 Å². The second-order valence-corrected chi connectivity index (χ2v) is 8.64. The summed E-state index contributed by atoms with van der Waals surface area (Å²) in [7, 11) is 0. The number of aliphatic imine (C=N–C) groups is 1. The molecule has 0 amide bonds. The number of hydrogen-bond acceptors (Lipinski definition) is 4. The van der Waals surface area contributed by atoms with Gasteiger partial charge in [0.1, 0.15) is 11.7 Å². The van der Waals surface area contributed by atoms with Crippen LogP contribution in [0, 0.1) is 19.1 Å². The third-order valence-electron chi connectivity index (χ3n) is 4.16. The number of benzene rings is 1. The Labute approximate surface area is 262 Å². The van der Waals surface area contributed by atoms with Crippen LogP contribution in [-0.2, 0) is 0 Å². The van der Waals surface area contributed by atoms with Crippen LogP contribution in [0.5, 0.6) is 0 Å². The molecule has 2 aliphatic rings. The van der Waals surface area contributed by atoms with Gasteiger partial charge in [-0.15, -0.1) is 0 Å². The van der Waals surface area contributed by atoms with Gasteiger partial charge in [-0.3, -0.25) is 11.6 Å². The van der Waals surface area contributed by atoms with Gasteiger partial charge in [-0.25, -0.2) is 10.5 Å². The molecule has 1 fully saturated rings. The molecule has 188 valence electrons. The van der Waals surface area contributed by atoms with Crippen LogP contribution in [0.1, 0.15) is 40.5 Å². The first kappa shape index (κ1) is 36.6. The van der Waals surface area contributed by atoms with Gasteiger partial charge >= 0.3 is 51.4 Å². The Morgan fingerprint density at radius 3 is 2.46 bits per heavy atom. The van der Waals surface area contributed by atoms with Crippen LogP contribution in [0.4, 0.5) is 8.78 Å². The molecule has 1 saturated heterocycles. The number of nitrogens with two attached hydrogens (primary N) is 1. The van der Waals surface area contributed by atoms with Crippen LogP contribution in [0.15, 0.2) is 81.7 Å². The first-order chi connectivity index (χ1) is 16.2. The normalized spacial score (nSPS) is 15.7. The van der Waals surface area contributed by atoms with E-state index in [0.29, 0.717) is 18.2 Å². The van der Waals surface area contributed by atoms with Gasteiger partial charge in [-0.1, -0.05) is 67.9 Å². The summed E-state index contributed by atoms with van der Waals surface area (Å²) in [4.78, 5) is 7.75. The van der Waals surface area contributed by atoms with Crippen molar-refractivity contribution >= 4 is 29.2 Å². The molecule has 1 unspecified atom stereocenters. The zero-order valence-corrected chi connectivity index (χ0v) is 26.2. The molecule has 0 spiro atoms. The zero-order valence-electron chi connectivity index (χ0n) is 21.5. The van der Waals surface area contributed by atoms with E-state index < -0.39 is 0 Å². The number of allylic oxidation sites excluding steroid dienone is 2. The van der Waals surface area contributed by atoms with Gasteiger partial charge in [0, 0.05) is 34.6 Å². The smallest absolute Gasteiger partial charge is 0.460 e. The van der Waals surface area contributed by atoms with Gasteiger partial charge in [-0.05, 0) is 30.5 Å². The number of fused-ring (bicyclic) bond motifs is 1. The molecule has 2 heterocycles. The van der Waals surface area contributed by atoms with E-state index in [1.165, 1.54) is 37.3 Å². The Hall–Kier alpha value is -0.514. The molecule has 2 N–H and O–H groups in total. The monoisotopic (exact) mass is 546 g/mol. The van der Waals surface area contributed by atoms with Gasteiger partial charge in [0.25, 0.3) is 0 Å². The molecule has 0 radical (unpaired) electrons. The summed E-state index contributed by atoms with van der Waals surface area (Å²) in [6.07, 6.45) is 5.61. The molecule has 0 saturated carbocycles. The molecule has 3 nitrogen and oxygen atoms in total. The minimum Gasteiger partial charge on any atom is -0.460 e. The summed E-state index contributed by atoms with van der Waals surface area (Å²) in [5.74, 6) is 0.627. The van der Waals surface area contributed by atoms with E-state index in [1.54, 1.807) is 23.9 Å². The van der Waals surface area contributed by atoms with E-state index in [-0.39, 0.29) is 63.2 Å². The minimum atomic E-state index is -0.294. The van der Waals surface area contributed by atoms with E-state index in [0.717, 1.165) is 34.9 Å². The number of amidine groups is 1. The Kier molecular flexibility index (Phi) is 22.6. The van der Waals surface area contributed by atoms with Crippen LogP contribution in [0.2, 0.25) is 5.02 Å². The molecule has 0 aromatic heterocycles. The maximum atomic E-state index is 12.1. The molecule has 3 rings (SSSR count). The fraction of sp³-hybridized carbons (Fsp3) is 0.333. The quantitative estimate of drug-likeness (QED) is 0.319. The first-order valence-corrected chi connectivity index (χ1v) is 12.3. The van der Waals surface area contributed by atoms with Gasteiger partial charge in [-0.2, -0.15) is 25.8 Å². The predicted octanol–water partition coefficient (Wildman–Crippen LogP) is 5.05. The minimum absolute atomic E-state index is 0. The SMILES string of the molecule is CCC.C[CH-]F.Fc1cccc(Cl)c1.[CH-]=CC(=C)C1=C2CC(N)CN2C(C(=C)S/C=C\C)=NC1.[K+]. The summed E-state index contributed by atoms with van der Waals surface area (Å²) in [6.45, 7) is 23.1. The van der Waals surface area contributed by atoms with E-state index in [4.69, 9.17) is 23.9 Å². The van der Waals surface area contributed by atoms with Crippen molar-refractivity contribution in [3.8, 4) is 0 Å². The maximum Gasteiger partial charge on any atom is 1.00 e. The first-order valence-electron chi connectivity index (χ1n) is 11.0. The van der Waals surface area contributed by atoms with Crippen LogP contribution in [-0.4, -0.2) is 29.9 Å². The second-order valence-electron chi connectivity index (χ2n) is 7.21. The van der Waals surface area contributed by atoms with Crippen molar-refractivity contribution in [2.24, 2.45) is 10.7 Å². The summed E-state index contributed by atoms with van der Waals surface area (Å²) < 4.78 is 22.2. The molecule has 8 heteroatoms. The van der Waals surface area contributed by atoms with Crippen molar-refractivity contribution in [3.63, 3.8) is 0 Å². The fourth-order valence-electron chi connectivity index (χ4n) is 2.89. The molecule has 0 aliphatic carbocycles. The van der Waals surface area contributed by atoms with Gasteiger partial charge < -0.3 is 15.0 Å². The van der Waals surface area contributed by atoms with Crippen molar-refractivity contribution in [2.75, 3.05) is 13.1 Å². The third kappa shape index (κ3) is 14.1. The van der Waals surface area contributed by atoms with E-state index in [1.807, 2.05) is 18.4 Å². The Balaban J connectivity index is 0. The van der Waals surface area contributed by atoms with Crippen LogP contribution in [0.25, 0.3) is 0 Å². The summed E-state index contributed by atoms with van der Waals surface area (Å²) in [5, 5.41) is 2.44. The predicted molar refractivity (Wildman–Crippen MR) is 147 cm³/mol. The molecule has 0 bridgehead atoms. The van der Waals surface area contributed by atoms with Gasteiger partial charge in [0.2, 0.25) is 0 Å². The van der Waals surface area contributed by atoms with Crippen molar-refractivity contribution in [1.29, 1.82) is 0 Å². The Morgan fingerprint density at radius 1 is 1.40 bits per heavy atom. The maximum absolute atomic E-state index is 12.1.